The molecule has 0 aliphatic heterocycles. The fourth-order valence-corrected chi connectivity index (χ4v) is 7.32. The number of ether oxygens (including phenoxy) is 2. The maximum Gasteiger partial charge on any atom is 0.118 e. The topological polar surface area (TPSA) is 18.5 Å². The highest BCUT2D eigenvalue weighted by atomic mass is 16.5. The van der Waals surface area contributed by atoms with Gasteiger partial charge in [0, 0.05) is 0 Å². The molecule has 2 heteroatoms. The predicted octanol–water partition coefficient (Wildman–Crippen LogP) is 10.6. The molecule has 0 bridgehead atoms. The minimum absolute atomic E-state index is 0.462. The number of hydrogen-bond donors (Lipinski definition) is 0. The Morgan fingerprint density at radius 2 is 0.844 bits per heavy atom. The molecular weight excluding hydrogens is 548 g/mol. The smallest absolute Gasteiger partial charge is 0.118 e. The molecule has 0 unspecified atom stereocenters. The molecule has 0 spiro atoms. The van der Waals surface area contributed by atoms with Crippen LogP contribution in [-0.4, -0.2) is 14.2 Å². The molecule has 0 heterocycles. The van der Waals surface area contributed by atoms with Crippen molar-refractivity contribution in [3.05, 3.63) is 180 Å². The Hall–Kier alpha value is -5.60. The van der Waals surface area contributed by atoms with Gasteiger partial charge in [0.25, 0.3) is 0 Å². The largest absolute Gasteiger partial charge is 0.497 e. The zero-order chi connectivity index (χ0) is 30.4. The molecule has 0 radical (unpaired) electrons. The molecule has 1 aliphatic rings. The highest BCUT2D eigenvalue weighted by Crippen LogP contribution is 2.57. The van der Waals surface area contributed by atoms with Gasteiger partial charge in [0.05, 0.1) is 19.6 Å². The molecule has 8 rings (SSSR count). The van der Waals surface area contributed by atoms with Crippen LogP contribution in [0.1, 0.15) is 22.3 Å². The average molecular weight is 581 g/mol. The normalized spacial score (nSPS) is 12.8. The Balaban J connectivity index is 1.50. The van der Waals surface area contributed by atoms with Crippen LogP contribution in [0, 0.1) is 0 Å². The van der Waals surface area contributed by atoms with Crippen molar-refractivity contribution in [2.45, 2.75) is 5.41 Å². The fourth-order valence-electron chi connectivity index (χ4n) is 7.32. The summed E-state index contributed by atoms with van der Waals surface area (Å²) in [6.45, 7) is 0. The van der Waals surface area contributed by atoms with Gasteiger partial charge in [-0.25, -0.2) is 0 Å². The van der Waals surface area contributed by atoms with E-state index in [1.54, 1.807) is 14.2 Å². The molecule has 45 heavy (non-hydrogen) atoms. The highest BCUT2D eigenvalue weighted by molar-refractivity contribution is 6.08. The Bertz CT molecular complexity index is 2110. The average Bonchev–Trinajstić information content (AvgIpc) is 3.41. The van der Waals surface area contributed by atoms with E-state index in [4.69, 9.17) is 9.47 Å². The summed E-state index contributed by atoms with van der Waals surface area (Å²) in [6.07, 6.45) is 0. The van der Waals surface area contributed by atoms with Crippen LogP contribution in [0.15, 0.2) is 158 Å². The Morgan fingerprint density at radius 3 is 1.36 bits per heavy atom. The van der Waals surface area contributed by atoms with E-state index in [1.165, 1.54) is 55.3 Å². The van der Waals surface area contributed by atoms with Gasteiger partial charge in [0.1, 0.15) is 11.5 Å². The zero-order valence-electron chi connectivity index (χ0n) is 25.3. The molecule has 0 N–H and O–H groups in total. The summed E-state index contributed by atoms with van der Waals surface area (Å²) in [7, 11) is 3.42. The second-order valence-corrected chi connectivity index (χ2v) is 11.6. The lowest BCUT2D eigenvalue weighted by Gasteiger charge is -2.34. The third-order valence-corrected chi connectivity index (χ3v) is 9.40. The number of rotatable bonds is 6. The van der Waals surface area contributed by atoms with E-state index in [9.17, 15) is 0 Å². The standard InChI is InChI=1S/C43H32O2/c1-44-33-21-17-29(18-22-33)35-25-26-36(30-19-23-34(45-2)24-20-30)39-28-42-40(27-38(35)39)37-15-9-10-16-41(37)43(42,31-11-5-3-6-12-31)32-13-7-4-8-14-32/h3-28H,1-2H3. The number of benzene rings is 7. The Kier molecular flexibility index (Phi) is 6.50. The molecule has 0 fully saturated rings. The third kappa shape index (κ3) is 4.17. The van der Waals surface area contributed by atoms with Gasteiger partial charge >= 0.3 is 0 Å². The maximum absolute atomic E-state index is 5.50. The summed E-state index contributed by atoms with van der Waals surface area (Å²) in [5.41, 5.74) is 11.9. The lowest BCUT2D eigenvalue weighted by atomic mass is 9.67. The van der Waals surface area contributed by atoms with E-state index in [1.807, 2.05) is 24.3 Å². The van der Waals surface area contributed by atoms with Crippen molar-refractivity contribution >= 4 is 10.8 Å². The minimum Gasteiger partial charge on any atom is -0.497 e. The molecule has 0 saturated carbocycles. The lowest BCUT2D eigenvalue weighted by Crippen LogP contribution is -2.28. The van der Waals surface area contributed by atoms with Gasteiger partial charge in [-0.2, -0.15) is 0 Å². The second kappa shape index (κ2) is 10.8. The molecular formula is C43H32O2. The first kappa shape index (κ1) is 27.0. The van der Waals surface area contributed by atoms with Crippen LogP contribution in [0.2, 0.25) is 0 Å². The molecule has 0 saturated heterocycles. The van der Waals surface area contributed by atoms with E-state index < -0.39 is 5.41 Å². The van der Waals surface area contributed by atoms with Crippen molar-refractivity contribution in [1.82, 2.24) is 0 Å². The van der Waals surface area contributed by atoms with Crippen molar-refractivity contribution in [2.24, 2.45) is 0 Å². The number of methoxy groups -OCH3 is 2. The first-order valence-corrected chi connectivity index (χ1v) is 15.3. The monoisotopic (exact) mass is 580 g/mol. The quantitative estimate of drug-likeness (QED) is 0.195. The Morgan fingerprint density at radius 1 is 0.378 bits per heavy atom. The van der Waals surface area contributed by atoms with Crippen LogP contribution in [-0.2, 0) is 5.41 Å². The van der Waals surface area contributed by atoms with Gasteiger partial charge in [0.15, 0.2) is 0 Å². The zero-order valence-corrected chi connectivity index (χ0v) is 25.3. The molecule has 0 amide bonds. The summed E-state index contributed by atoms with van der Waals surface area (Å²) in [5, 5.41) is 2.44. The molecule has 7 aromatic rings. The first-order chi connectivity index (χ1) is 22.2. The van der Waals surface area contributed by atoms with Gasteiger partial charge in [-0.15, -0.1) is 0 Å². The van der Waals surface area contributed by atoms with E-state index >= 15 is 0 Å². The SMILES string of the molecule is COc1ccc(-c2ccc(-c3ccc(OC)cc3)c3cc4c(cc23)-c2ccccc2C4(c2ccccc2)c2ccccc2)cc1. The summed E-state index contributed by atoms with van der Waals surface area (Å²) >= 11 is 0. The van der Waals surface area contributed by atoms with Crippen molar-refractivity contribution in [1.29, 1.82) is 0 Å². The lowest BCUT2D eigenvalue weighted by molar-refractivity contribution is 0.415. The predicted molar refractivity (Wildman–Crippen MR) is 185 cm³/mol. The number of hydrogen-bond acceptors (Lipinski definition) is 2. The maximum atomic E-state index is 5.50. The molecule has 216 valence electrons. The Labute approximate surface area is 264 Å². The van der Waals surface area contributed by atoms with Gasteiger partial charge in [0.2, 0.25) is 0 Å². The number of fused-ring (bicyclic) bond motifs is 4. The summed E-state index contributed by atoms with van der Waals surface area (Å²) in [6, 6.07) is 57.1. The highest BCUT2D eigenvalue weighted by Gasteiger charge is 2.46. The van der Waals surface area contributed by atoms with Gasteiger partial charge in [-0.3, -0.25) is 0 Å². The first-order valence-electron chi connectivity index (χ1n) is 15.3. The van der Waals surface area contributed by atoms with E-state index in [-0.39, 0.29) is 0 Å². The van der Waals surface area contributed by atoms with Crippen LogP contribution < -0.4 is 9.47 Å². The van der Waals surface area contributed by atoms with Crippen molar-refractivity contribution < 1.29 is 9.47 Å². The molecule has 2 nitrogen and oxygen atoms in total. The van der Waals surface area contributed by atoms with Crippen LogP contribution in [0.5, 0.6) is 11.5 Å². The van der Waals surface area contributed by atoms with Crippen molar-refractivity contribution in [3.63, 3.8) is 0 Å². The van der Waals surface area contributed by atoms with Crippen LogP contribution in [0.4, 0.5) is 0 Å². The summed E-state index contributed by atoms with van der Waals surface area (Å²) in [4.78, 5) is 0. The summed E-state index contributed by atoms with van der Waals surface area (Å²) in [5.74, 6) is 1.70. The molecule has 7 aromatic carbocycles. The van der Waals surface area contributed by atoms with Crippen LogP contribution in [0.3, 0.4) is 0 Å². The third-order valence-electron chi connectivity index (χ3n) is 9.40. The van der Waals surface area contributed by atoms with Crippen molar-refractivity contribution in [3.8, 4) is 44.9 Å². The molecule has 1 aliphatic carbocycles. The molecule has 0 atom stereocenters. The van der Waals surface area contributed by atoms with E-state index in [0.717, 1.165) is 22.6 Å². The summed E-state index contributed by atoms with van der Waals surface area (Å²) < 4.78 is 11.0. The van der Waals surface area contributed by atoms with Gasteiger partial charge in [-0.1, -0.05) is 121 Å². The van der Waals surface area contributed by atoms with E-state index in [0.29, 0.717) is 0 Å². The van der Waals surface area contributed by atoms with Crippen LogP contribution in [0.25, 0.3) is 44.2 Å². The fraction of sp³-hybridized carbons (Fsp3) is 0.0698. The minimum atomic E-state index is -0.462. The second-order valence-electron chi connectivity index (χ2n) is 11.6. The molecule has 0 aromatic heterocycles. The van der Waals surface area contributed by atoms with Gasteiger partial charge in [-0.05, 0) is 103 Å². The van der Waals surface area contributed by atoms with Crippen molar-refractivity contribution in [2.75, 3.05) is 14.2 Å². The van der Waals surface area contributed by atoms with Gasteiger partial charge < -0.3 is 9.47 Å². The van der Waals surface area contributed by atoms with Crippen LogP contribution >= 0.6 is 0 Å². The van der Waals surface area contributed by atoms with E-state index in [2.05, 4.69) is 133 Å².